The number of piperazine rings is 1. The lowest BCUT2D eigenvalue weighted by molar-refractivity contribution is 0.250. The second-order valence-electron chi connectivity index (χ2n) is 4.96. The summed E-state index contributed by atoms with van der Waals surface area (Å²) in [6.45, 7) is 5.40. The summed E-state index contributed by atoms with van der Waals surface area (Å²) in [5, 5.41) is 0.801. The van der Waals surface area contributed by atoms with E-state index in [1.54, 1.807) is 0 Å². The summed E-state index contributed by atoms with van der Waals surface area (Å²) in [6.07, 6.45) is 4.06. The van der Waals surface area contributed by atoms with Crippen LogP contribution in [0, 0.1) is 0 Å². The predicted octanol–water partition coefficient (Wildman–Crippen LogP) is 2.99. The van der Waals surface area contributed by atoms with E-state index in [9.17, 15) is 0 Å². The minimum atomic E-state index is 0.801. The Kier molecular flexibility index (Phi) is 3.76. The third kappa shape index (κ3) is 3.11. The van der Waals surface area contributed by atoms with E-state index >= 15 is 0 Å². The molecule has 0 spiro atoms. The third-order valence-electron chi connectivity index (χ3n) is 3.63. The normalized spacial score (nSPS) is 16.8. The Morgan fingerprint density at radius 1 is 1.00 bits per heavy atom. The molecule has 1 saturated heterocycles. The number of rotatable bonds is 3. The monoisotopic (exact) mass is 275 g/mol. The van der Waals surface area contributed by atoms with Crippen LogP contribution < -0.4 is 4.90 Å². The van der Waals surface area contributed by atoms with Crippen LogP contribution >= 0.6 is 11.6 Å². The molecule has 0 saturated carbocycles. The number of H-pyrrole nitrogens is 1. The van der Waals surface area contributed by atoms with Gasteiger partial charge in [-0.05, 0) is 35.9 Å². The van der Waals surface area contributed by atoms with Crippen molar-refractivity contribution in [1.82, 2.24) is 9.88 Å². The van der Waals surface area contributed by atoms with Gasteiger partial charge >= 0.3 is 0 Å². The maximum absolute atomic E-state index is 5.92. The molecule has 3 rings (SSSR count). The minimum Gasteiger partial charge on any atom is -0.369 e. The maximum Gasteiger partial charge on any atom is 0.0407 e. The van der Waals surface area contributed by atoms with Crippen LogP contribution in [-0.4, -0.2) is 36.1 Å². The molecule has 1 aliphatic rings. The SMILES string of the molecule is Clc1ccc(N2CCN(Cc3cc[nH]c3)CC2)cc1. The van der Waals surface area contributed by atoms with Crippen LogP contribution in [0.5, 0.6) is 0 Å². The number of halogens is 1. The van der Waals surface area contributed by atoms with Crippen molar-refractivity contribution in [3.63, 3.8) is 0 Å². The average molecular weight is 276 g/mol. The third-order valence-corrected chi connectivity index (χ3v) is 3.88. The smallest absolute Gasteiger partial charge is 0.0407 e. The number of nitrogens with one attached hydrogen (secondary N) is 1. The summed E-state index contributed by atoms with van der Waals surface area (Å²) in [5.74, 6) is 0. The van der Waals surface area contributed by atoms with E-state index in [1.807, 2.05) is 18.3 Å². The van der Waals surface area contributed by atoms with Crippen molar-refractivity contribution in [1.29, 1.82) is 0 Å². The lowest BCUT2D eigenvalue weighted by Gasteiger charge is -2.36. The summed E-state index contributed by atoms with van der Waals surface area (Å²) >= 11 is 5.92. The fraction of sp³-hybridized carbons (Fsp3) is 0.333. The van der Waals surface area contributed by atoms with E-state index in [2.05, 4.69) is 39.2 Å². The molecular weight excluding hydrogens is 258 g/mol. The Morgan fingerprint density at radius 3 is 2.37 bits per heavy atom. The summed E-state index contributed by atoms with van der Waals surface area (Å²) in [4.78, 5) is 8.03. The number of hydrogen-bond acceptors (Lipinski definition) is 2. The lowest BCUT2D eigenvalue weighted by Crippen LogP contribution is -2.45. The molecule has 1 aromatic carbocycles. The average Bonchev–Trinajstić information content (AvgIpc) is 2.94. The summed E-state index contributed by atoms with van der Waals surface area (Å²) in [5.41, 5.74) is 2.63. The van der Waals surface area contributed by atoms with Crippen molar-refractivity contribution in [2.45, 2.75) is 6.54 Å². The lowest BCUT2D eigenvalue weighted by atomic mass is 10.2. The van der Waals surface area contributed by atoms with Crippen LogP contribution in [0.15, 0.2) is 42.7 Å². The van der Waals surface area contributed by atoms with Gasteiger partial charge in [0.2, 0.25) is 0 Å². The van der Waals surface area contributed by atoms with Gasteiger partial charge < -0.3 is 9.88 Å². The molecule has 100 valence electrons. The quantitative estimate of drug-likeness (QED) is 0.930. The van der Waals surface area contributed by atoms with Crippen molar-refractivity contribution in [3.8, 4) is 0 Å². The number of aromatic amines is 1. The first-order chi connectivity index (χ1) is 9.31. The number of nitrogens with zero attached hydrogens (tertiary/aromatic N) is 2. The first-order valence-corrected chi connectivity index (χ1v) is 7.03. The fourth-order valence-corrected chi connectivity index (χ4v) is 2.66. The Labute approximate surface area is 118 Å². The zero-order chi connectivity index (χ0) is 13.1. The molecule has 1 fully saturated rings. The second kappa shape index (κ2) is 5.68. The zero-order valence-electron chi connectivity index (χ0n) is 10.8. The van der Waals surface area contributed by atoms with Crippen LogP contribution in [-0.2, 0) is 6.54 Å². The minimum absolute atomic E-state index is 0.801. The molecule has 2 aromatic rings. The van der Waals surface area contributed by atoms with Crippen molar-refractivity contribution in [3.05, 3.63) is 53.3 Å². The summed E-state index contributed by atoms with van der Waals surface area (Å²) in [7, 11) is 0. The van der Waals surface area contributed by atoms with Crippen molar-refractivity contribution < 1.29 is 0 Å². The van der Waals surface area contributed by atoms with Crippen LogP contribution in [0.4, 0.5) is 5.69 Å². The molecule has 0 amide bonds. The highest BCUT2D eigenvalue weighted by molar-refractivity contribution is 6.30. The topological polar surface area (TPSA) is 22.3 Å². The van der Waals surface area contributed by atoms with Crippen LogP contribution in [0.3, 0.4) is 0 Å². The summed E-state index contributed by atoms with van der Waals surface area (Å²) < 4.78 is 0. The van der Waals surface area contributed by atoms with Gasteiger partial charge in [-0.25, -0.2) is 0 Å². The number of anilines is 1. The van der Waals surface area contributed by atoms with E-state index in [-0.39, 0.29) is 0 Å². The zero-order valence-corrected chi connectivity index (χ0v) is 11.6. The molecule has 4 heteroatoms. The Bertz CT molecular complexity index is 499. The highest BCUT2D eigenvalue weighted by atomic mass is 35.5. The molecule has 0 bridgehead atoms. The van der Waals surface area contributed by atoms with Gasteiger partial charge in [0, 0.05) is 55.8 Å². The number of benzene rings is 1. The number of hydrogen-bond donors (Lipinski definition) is 1. The first kappa shape index (κ1) is 12.6. The fourth-order valence-electron chi connectivity index (χ4n) is 2.53. The molecular formula is C15H18ClN3. The highest BCUT2D eigenvalue weighted by Crippen LogP contribution is 2.19. The molecule has 3 nitrogen and oxygen atoms in total. The van der Waals surface area contributed by atoms with Crippen LogP contribution in [0.1, 0.15) is 5.56 Å². The first-order valence-electron chi connectivity index (χ1n) is 6.66. The van der Waals surface area contributed by atoms with Gasteiger partial charge in [-0.1, -0.05) is 11.6 Å². The molecule has 1 N–H and O–H groups in total. The van der Waals surface area contributed by atoms with Gasteiger partial charge in [0.25, 0.3) is 0 Å². The highest BCUT2D eigenvalue weighted by Gasteiger charge is 2.17. The second-order valence-corrected chi connectivity index (χ2v) is 5.40. The van der Waals surface area contributed by atoms with Gasteiger partial charge in [0.15, 0.2) is 0 Å². The van der Waals surface area contributed by atoms with Crippen molar-refractivity contribution in [2.75, 3.05) is 31.1 Å². The van der Waals surface area contributed by atoms with Gasteiger partial charge in [-0.3, -0.25) is 4.90 Å². The molecule has 19 heavy (non-hydrogen) atoms. The number of aromatic nitrogens is 1. The Balaban J connectivity index is 1.56. The molecule has 0 aliphatic carbocycles. The summed E-state index contributed by atoms with van der Waals surface area (Å²) in [6, 6.07) is 10.3. The van der Waals surface area contributed by atoms with E-state index in [1.165, 1.54) is 11.3 Å². The van der Waals surface area contributed by atoms with Crippen LogP contribution in [0.2, 0.25) is 5.02 Å². The maximum atomic E-state index is 5.92. The molecule has 1 aliphatic heterocycles. The van der Waals surface area contributed by atoms with E-state index in [0.717, 1.165) is 37.7 Å². The van der Waals surface area contributed by atoms with E-state index < -0.39 is 0 Å². The molecule has 1 aromatic heterocycles. The Morgan fingerprint density at radius 2 is 1.74 bits per heavy atom. The predicted molar refractivity (Wildman–Crippen MR) is 79.7 cm³/mol. The van der Waals surface area contributed by atoms with Gasteiger partial charge in [0.05, 0.1) is 0 Å². The standard InChI is InChI=1S/C15H18ClN3/c16-14-1-3-15(4-2-14)19-9-7-18(8-10-19)12-13-5-6-17-11-13/h1-6,11,17H,7-10,12H2. The largest absolute Gasteiger partial charge is 0.369 e. The van der Waals surface area contributed by atoms with Crippen molar-refractivity contribution >= 4 is 17.3 Å². The molecule has 0 radical (unpaired) electrons. The van der Waals surface area contributed by atoms with Crippen molar-refractivity contribution in [2.24, 2.45) is 0 Å². The Hall–Kier alpha value is -1.45. The van der Waals surface area contributed by atoms with E-state index in [0.29, 0.717) is 0 Å². The molecule has 0 unspecified atom stereocenters. The molecule has 2 heterocycles. The van der Waals surface area contributed by atoms with E-state index in [4.69, 9.17) is 11.6 Å². The van der Waals surface area contributed by atoms with Crippen LogP contribution in [0.25, 0.3) is 0 Å². The van der Waals surface area contributed by atoms with Gasteiger partial charge in [-0.2, -0.15) is 0 Å². The van der Waals surface area contributed by atoms with Gasteiger partial charge in [-0.15, -0.1) is 0 Å². The molecule has 0 atom stereocenters. The van der Waals surface area contributed by atoms with Gasteiger partial charge in [0.1, 0.15) is 0 Å².